The fraction of sp³-hybridized carbons (Fsp3) is 0.500. The Morgan fingerprint density at radius 2 is 1.89 bits per heavy atom. The standard InChI is InChI=1S/C20H24N4O4/c1-13(25)21-16-6-4-14(5-7-16)18-22-19(28-23-18)15-8-10-24(11-9-15)20(26)17-3-2-12-27-17/h4-7,15,17H,2-3,8-12H2,1H3,(H,21,25)/t17-/m1/s1. The fourth-order valence-electron chi connectivity index (χ4n) is 3.75. The second-order valence-corrected chi connectivity index (χ2v) is 7.32. The van der Waals surface area contributed by atoms with Crippen molar-refractivity contribution in [2.45, 2.75) is 44.6 Å². The number of carbonyl (C=O) groups is 2. The van der Waals surface area contributed by atoms with Gasteiger partial charge in [0.15, 0.2) is 0 Å². The van der Waals surface area contributed by atoms with Crippen LogP contribution in [-0.2, 0) is 14.3 Å². The van der Waals surface area contributed by atoms with Gasteiger partial charge >= 0.3 is 0 Å². The maximum absolute atomic E-state index is 12.5. The smallest absolute Gasteiger partial charge is 0.251 e. The Bertz CT molecular complexity index is 834. The lowest BCUT2D eigenvalue weighted by Gasteiger charge is -2.31. The lowest BCUT2D eigenvalue weighted by atomic mass is 9.96. The highest BCUT2D eigenvalue weighted by Gasteiger charge is 2.32. The Kier molecular flexibility index (Phi) is 5.38. The van der Waals surface area contributed by atoms with E-state index < -0.39 is 0 Å². The van der Waals surface area contributed by atoms with E-state index in [-0.39, 0.29) is 23.8 Å². The molecular formula is C20H24N4O4. The molecule has 1 aromatic heterocycles. The zero-order valence-corrected chi connectivity index (χ0v) is 15.9. The maximum atomic E-state index is 12.5. The van der Waals surface area contributed by atoms with Crippen LogP contribution in [-0.4, -0.2) is 52.7 Å². The first kappa shape index (κ1) is 18.6. The van der Waals surface area contributed by atoms with Crippen LogP contribution in [0.25, 0.3) is 11.4 Å². The summed E-state index contributed by atoms with van der Waals surface area (Å²) >= 11 is 0. The third-order valence-corrected chi connectivity index (χ3v) is 5.27. The van der Waals surface area contributed by atoms with Crippen molar-refractivity contribution in [1.82, 2.24) is 15.0 Å². The molecule has 28 heavy (non-hydrogen) atoms. The van der Waals surface area contributed by atoms with Gasteiger partial charge in [0.05, 0.1) is 0 Å². The third-order valence-electron chi connectivity index (χ3n) is 5.27. The van der Waals surface area contributed by atoms with Crippen molar-refractivity contribution in [3.8, 4) is 11.4 Å². The SMILES string of the molecule is CC(=O)Nc1ccc(-c2noc(C3CCN(C(=O)[C@H]4CCCO4)CC3)n2)cc1. The average molecular weight is 384 g/mol. The number of hydrogen-bond donors (Lipinski definition) is 1. The Morgan fingerprint density at radius 1 is 1.14 bits per heavy atom. The van der Waals surface area contributed by atoms with Crippen molar-refractivity contribution in [1.29, 1.82) is 0 Å². The summed E-state index contributed by atoms with van der Waals surface area (Å²) in [7, 11) is 0. The molecule has 0 radical (unpaired) electrons. The lowest BCUT2D eigenvalue weighted by Crippen LogP contribution is -2.43. The molecule has 4 rings (SSSR count). The van der Waals surface area contributed by atoms with E-state index in [0.717, 1.165) is 36.9 Å². The van der Waals surface area contributed by atoms with Gasteiger partial charge in [-0.05, 0) is 49.9 Å². The first-order valence-corrected chi connectivity index (χ1v) is 9.72. The Balaban J connectivity index is 1.36. The van der Waals surface area contributed by atoms with E-state index in [1.54, 1.807) is 0 Å². The van der Waals surface area contributed by atoms with Crippen LogP contribution in [0.15, 0.2) is 28.8 Å². The van der Waals surface area contributed by atoms with Crippen molar-refractivity contribution < 1.29 is 18.8 Å². The largest absolute Gasteiger partial charge is 0.368 e. The van der Waals surface area contributed by atoms with Gasteiger partial charge < -0.3 is 19.5 Å². The topological polar surface area (TPSA) is 97.6 Å². The first-order valence-electron chi connectivity index (χ1n) is 9.72. The second-order valence-electron chi connectivity index (χ2n) is 7.32. The molecule has 2 fully saturated rings. The van der Waals surface area contributed by atoms with Crippen LogP contribution in [0.3, 0.4) is 0 Å². The van der Waals surface area contributed by atoms with Gasteiger partial charge in [0.2, 0.25) is 17.6 Å². The maximum Gasteiger partial charge on any atom is 0.251 e. The molecule has 2 saturated heterocycles. The number of amides is 2. The number of nitrogens with zero attached hydrogens (tertiary/aromatic N) is 3. The molecule has 1 aromatic carbocycles. The summed E-state index contributed by atoms with van der Waals surface area (Å²) in [5.74, 6) is 1.31. The van der Waals surface area contributed by atoms with Crippen LogP contribution in [0.4, 0.5) is 5.69 Å². The molecule has 3 heterocycles. The molecule has 0 aliphatic carbocycles. The van der Waals surface area contributed by atoms with E-state index in [2.05, 4.69) is 15.5 Å². The van der Waals surface area contributed by atoms with Gasteiger partial charge in [0.1, 0.15) is 6.10 Å². The molecule has 2 amide bonds. The minimum atomic E-state index is -0.257. The van der Waals surface area contributed by atoms with Crippen molar-refractivity contribution in [2.24, 2.45) is 0 Å². The monoisotopic (exact) mass is 384 g/mol. The Hall–Kier alpha value is -2.74. The molecule has 0 spiro atoms. The van der Waals surface area contributed by atoms with Crippen molar-refractivity contribution in [2.75, 3.05) is 25.0 Å². The van der Waals surface area contributed by atoms with Gasteiger partial charge in [0, 0.05) is 43.8 Å². The summed E-state index contributed by atoms with van der Waals surface area (Å²) in [4.78, 5) is 30.0. The number of carbonyl (C=O) groups excluding carboxylic acids is 2. The van der Waals surface area contributed by atoms with E-state index in [4.69, 9.17) is 9.26 Å². The molecule has 8 nitrogen and oxygen atoms in total. The van der Waals surface area contributed by atoms with Crippen molar-refractivity contribution in [3.63, 3.8) is 0 Å². The van der Waals surface area contributed by atoms with Crippen molar-refractivity contribution in [3.05, 3.63) is 30.2 Å². The van der Waals surface area contributed by atoms with Gasteiger partial charge in [0.25, 0.3) is 5.91 Å². The molecule has 0 saturated carbocycles. The zero-order chi connectivity index (χ0) is 19.5. The van der Waals surface area contributed by atoms with Crippen LogP contribution in [0.1, 0.15) is 44.4 Å². The number of aromatic nitrogens is 2. The Labute approximate surface area is 163 Å². The van der Waals surface area contributed by atoms with Gasteiger partial charge in [-0.1, -0.05) is 5.16 Å². The van der Waals surface area contributed by atoms with Crippen LogP contribution in [0.2, 0.25) is 0 Å². The van der Waals surface area contributed by atoms with E-state index in [0.29, 0.717) is 31.4 Å². The van der Waals surface area contributed by atoms with E-state index in [9.17, 15) is 9.59 Å². The van der Waals surface area contributed by atoms with Crippen LogP contribution < -0.4 is 5.32 Å². The predicted octanol–water partition coefficient (Wildman–Crippen LogP) is 2.58. The molecular weight excluding hydrogens is 360 g/mol. The van der Waals surface area contributed by atoms with E-state index in [1.807, 2.05) is 29.2 Å². The number of benzene rings is 1. The third kappa shape index (κ3) is 4.06. The second kappa shape index (κ2) is 8.10. The highest BCUT2D eigenvalue weighted by molar-refractivity contribution is 5.88. The number of piperidine rings is 1. The lowest BCUT2D eigenvalue weighted by molar-refractivity contribution is -0.142. The minimum Gasteiger partial charge on any atom is -0.368 e. The van der Waals surface area contributed by atoms with Gasteiger partial charge in [-0.15, -0.1) is 0 Å². The number of likely N-dealkylation sites (tertiary alicyclic amines) is 1. The van der Waals surface area contributed by atoms with Crippen LogP contribution in [0, 0.1) is 0 Å². The molecule has 0 bridgehead atoms. The zero-order valence-electron chi connectivity index (χ0n) is 15.9. The van der Waals surface area contributed by atoms with Gasteiger partial charge in [-0.2, -0.15) is 4.98 Å². The molecule has 1 N–H and O–H groups in total. The normalized spacial score (nSPS) is 20.3. The number of rotatable bonds is 4. The molecule has 2 aromatic rings. The van der Waals surface area contributed by atoms with Gasteiger partial charge in [-0.3, -0.25) is 9.59 Å². The first-order chi connectivity index (χ1) is 13.6. The number of ether oxygens (including phenoxy) is 1. The quantitative estimate of drug-likeness (QED) is 0.870. The van der Waals surface area contributed by atoms with Gasteiger partial charge in [-0.25, -0.2) is 0 Å². The fourth-order valence-corrected chi connectivity index (χ4v) is 3.75. The van der Waals surface area contributed by atoms with Crippen LogP contribution in [0.5, 0.6) is 0 Å². The number of anilines is 1. The summed E-state index contributed by atoms with van der Waals surface area (Å²) < 4.78 is 11.0. The minimum absolute atomic E-state index is 0.112. The summed E-state index contributed by atoms with van der Waals surface area (Å²) in [6, 6.07) is 7.31. The summed E-state index contributed by atoms with van der Waals surface area (Å²) in [6.45, 7) is 3.53. The average Bonchev–Trinajstić information content (AvgIpc) is 3.40. The van der Waals surface area contributed by atoms with Crippen LogP contribution >= 0.6 is 0 Å². The predicted molar refractivity (Wildman–Crippen MR) is 102 cm³/mol. The molecule has 8 heteroatoms. The summed E-state index contributed by atoms with van der Waals surface area (Å²) in [6.07, 6.45) is 3.14. The molecule has 148 valence electrons. The molecule has 2 aliphatic heterocycles. The van der Waals surface area contributed by atoms with Crippen molar-refractivity contribution >= 4 is 17.5 Å². The van der Waals surface area contributed by atoms with E-state index in [1.165, 1.54) is 6.92 Å². The highest BCUT2D eigenvalue weighted by Crippen LogP contribution is 2.29. The highest BCUT2D eigenvalue weighted by atomic mass is 16.5. The molecule has 2 aliphatic rings. The summed E-state index contributed by atoms with van der Waals surface area (Å²) in [5, 5.41) is 6.82. The van der Waals surface area contributed by atoms with E-state index >= 15 is 0 Å². The Morgan fingerprint density at radius 3 is 2.54 bits per heavy atom. The number of hydrogen-bond acceptors (Lipinski definition) is 6. The molecule has 1 atom stereocenters. The number of nitrogens with one attached hydrogen (secondary N) is 1. The summed E-state index contributed by atoms with van der Waals surface area (Å²) in [5.41, 5.74) is 1.55. The molecule has 0 unspecified atom stereocenters.